The molecule has 0 radical (unpaired) electrons. The first-order valence-electron chi connectivity index (χ1n) is 7.06. The summed E-state index contributed by atoms with van der Waals surface area (Å²) in [6.45, 7) is 2.08. The van der Waals surface area contributed by atoms with Gasteiger partial charge < -0.3 is 0 Å². The molecule has 0 saturated heterocycles. The fourth-order valence-corrected chi connectivity index (χ4v) is 5.24. The quantitative estimate of drug-likeness (QED) is 0.347. The number of thioether (sulfide) groups is 1. The molecule has 23 heavy (non-hydrogen) atoms. The molecule has 116 valence electrons. The van der Waals surface area contributed by atoms with Crippen molar-refractivity contribution >= 4 is 43.1 Å². The van der Waals surface area contributed by atoms with E-state index in [1.165, 1.54) is 11.1 Å². The molecule has 0 aliphatic heterocycles. The first kappa shape index (κ1) is 16.5. The standard InChI is InChI=1S/C18H14ClNOSSe/c1-12-6-8-13(9-7-12)18-20-14(11-23-18)10-22-16-5-3-2-4-15(16)17(19)21/h2-9,11H,10H2,1H3. The van der Waals surface area contributed by atoms with Gasteiger partial charge in [-0.3, -0.25) is 0 Å². The molecule has 0 N–H and O–H groups in total. The van der Waals surface area contributed by atoms with Gasteiger partial charge in [-0.05, 0) is 0 Å². The van der Waals surface area contributed by atoms with Crippen LogP contribution in [0.25, 0.3) is 10.1 Å². The fraction of sp³-hybridized carbons (Fsp3) is 0.111. The summed E-state index contributed by atoms with van der Waals surface area (Å²) >= 11 is 7.50. The second-order valence-corrected chi connectivity index (χ2v) is 8.23. The summed E-state index contributed by atoms with van der Waals surface area (Å²) < 4.78 is 1.16. The fourth-order valence-electron chi connectivity index (χ4n) is 2.11. The molecule has 0 fully saturated rings. The molecule has 0 bridgehead atoms. The Hall–Kier alpha value is -1.32. The van der Waals surface area contributed by atoms with Crippen LogP contribution in [0, 0.1) is 6.92 Å². The summed E-state index contributed by atoms with van der Waals surface area (Å²) in [5, 5.41) is -0.415. The summed E-state index contributed by atoms with van der Waals surface area (Å²) in [6.07, 6.45) is 0. The molecule has 3 rings (SSSR count). The van der Waals surface area contributed by atoms with E-state index >= 15 is 0 Å². The van der Waals surface area contributed by atoms with E-state index in [9.17, 15) is 4.79 Å². The molecule has 0 amide bonds. The van der Waals surface area contributed by atoms with Crippen LogP contribution in [0.5, 0.6) is 0 Å². The molecular weight excluding hydrogens is 393 g/mol. The van der Waals surface area contributed by atoms with Gasteiger partial charge in [0.2, 0.25) is 0 Å². The number of rotatable bonds is 5. The minimum absolute atomic E-state index is 0.271. The van der Waals surface area contributed by atoms with Crippen molar-refractivity contribution in [3.8, 4) is 10.1 Å². The molecule has 3 aromatic rings. The van der Waals surface area contributed by atoms with Gasteiger partial charge in [0.25, 0.3) is 0 Å². The molecule has 0 unspecified atom stereocenters. The van der Waals surface area contributed by atoms with Crippen LogP contribution in [0.1, 0.15) is 21.6 Å². The number of halogens is 1. The van der Waals surface area contributed by atoms with E-state index in [1.54, 1.807) is 17.8 Å². The maximum absolute atomic E-state index is 11.4. The third kappa shape index (κ3) is 4.15. The second kappa shape index (κ2) is 7.50. The van der Waals surface area contributed by atoms with Crippen LogP contribution < -0.4 is 0 Å². The zero-order valence-corrected chi connectivity index (χ0v) is 15.7. The van der Waals surface area contributed by atoms with Gasteiger partial charge in [0.1, 0.15) is 0 Å². The van der Waals surface area contributed by atoms with E-state index in [-0.39, 0.29) is 14.5 Å². The van der Waals surface area contributed by atoms with Gasteiger partial charge in [0.05, 0.1) is 0 Å². The van der Waals surface area contributed by atoms with Gasteiger partial charge in [0.15, 0.2) is 0 Å². The minimum atomic E-state index is -0.415. The van der Waals surface area contributed by atoms with Crippen molar-refractivity contribution in [2.75, 3.05) is 0 Å². The Morgan fingerprint density at radius 2 is 1.91 bits per heavy atom. The first-order valence-corrected chi connectivity index (χ1v) is 10.3. The zero-order valence-electron chi connectivity index (χ0n) is 12.5. The van der Waals surface area contributed by atoms with Crippen molar-refractivity contribution in [2.45, 2.75) is 17.6 Å². The molecule has 5 heteroatoms. The van der Waals surface area contributed by atoms with Crippen LogP contribution in [-0.4, -0.2) is 24.7 Å². The van der Waals surface area contributed by atoms with Crippen molar-refractivity contribution in [3.63, 3.8) is 0 Å². The van der Waals surface area contributed by atoms with E-state index in [4.69, 9.17) is 16.6 Å². The Morgan fingerprint density at radius 1 is 1.17 bits per heavy atom. The third-order valence-corrected chi connectivity index (χ3v) is 6.61. The van der Waals surface area contributed by atoms with E-state index in [2.05, 4.69) is 36.1 Å². The Kier molecular flexibility index (Phi) is 5.39. The molecule has 0 spiro atoms. The van der Waals surface area contributed by atoms with E-state index in [0.717, 1.165) is 20.9 Å². The normalized spacial score (nSPS) is 10.7. The van der Waals surface area contributed by atoms with Crippen LogP contribution in [-0.2, 0) is 5.75 Å². The molecule has 0 saturated carbocycles. The summed E-state index contributed by atoms with van der Waals surface area (Å²) in [4.78, 5) is 19.3. The molecular formula is C18H14ClNOSSe. The van der Waals surface area contributed by atoms with Crippen LogP contribution in [0.15, 0.2) is 58.4 Å². The number of carbonyl (C=O) groups excluding carboxylic acids is 1. The number of nitrogens with zero attached hydrogens (tertiary/aromatic N) is 1. The Balaban J connectivity index is 1.73. The number of hydrogen-bond acceptors (Lipinski definition) is 3. The predicted molar refractivity (Wildman–Crippen MR) is 97.5 cm³/mol. The van der Waals surface area contributed by atoms with Gasteiger partial charge in [-0.2, -0.15) is 0 Å². The SMILES string of the molecule is Cc1ccc(-c2nc(CSc3ccccc3C(=O)Cl)c[se]2)cc1. The summed E-state index contributed by atoms with van der Waals surface area (Å²) in [7, 11) is 0. The monoisotopic (exact) mass is 407 g/mol. The second-order valence-electron chi connectivity index (χ2n) is 5.07. The Bertz CT molecular complexity index is 829. The third-order valence-electron chi connectivity index (χ3n) is 3.32. The molecule has 0 aliphatic rings. The van der Waals surface area contributed by atoms with Gasteiger partial charge in [-0.25, -0.2) is 0 Å². The van der Waals surface area contributed by atoms with E-state index in [0.29, 0.717) is 5.56 Å². The molecule has 1 heterocycles. The Labute approximate surface area is 150 Å². The van der Waals surface area contributed by atoms with Crippen molar-refractivity contribution in [3.05, 3.63) is 70.3 Å². The number of benzene rings is 2. The number of hydrogen-bond donors (Lipinski definition) is 0. The predicted octanol–water partition coefficient (Wildman–Crippen LogP) is 4.79. The number of carbonyl (C=O) groups is 1. The van der Waals surface area contributed by atoms with Crippen molar-refractivity contribution < 1.29 is 4.79 Å². The maximum atomic E-state index is 11.4. The van der Waals surface area contributed by atoms with Crippen LogP contribution in [0.2, 0.25) is 0 Å². The zero-order chi connectivity index (χ0) is 16.2. The molecule has 1 aromatic heterocycles. The van der Waals surface area contributed by atoms with Gasteiger partial charge >= 0.3 is 151 Å². The molecule has 2 nitrogen and oxygen atoms in total. The number of aromatic nitrogens is 1. The van der Waals surface area contributed by atoms with E-state index < -0.39 is 5.24 Å². The molecule has 0 aliphatic carbocycles. The summed E-state index contributed by atoms with van der Waals surface area (Å²) in [5.41, 5.74) is 4.09. The van der Waals surface area contributed by atoms with E-state index in [1.807, 2.05) is 18.2 Å². The van der Waals surface area contributed by atoms with Gasteiger partial charge in [-0.15, -0.1) is 0 Å². The van der Waals surface area contributed by atoms with Crippen LogP contribution in [0.4, 0.5) is 0 Å². The van der Waals surface area contributed by atoms with Crippen molar-refractivity contribution in [1.82, 2.24) is 4.98 Å². The van der Waals surface area contributed by atoms with Crippen molar-refractivity contribution in [2.24, 2.45) is 0 Å². The average molecular weight is 407 g/mol. The van der Waals surface area contributed by atoms with Crippen LogP contribution >= 0.6 is 23.4 Å². The van der Waals surface area contributed by atoms with Gasteiger partial charge in [0, 0.05) is 0 Å². The Morgan fingerprint density at radius 3 is 2.65 bits per heavy atom. The average Bonchev–Trinajstić information content (AvgIpc) is 3.03. The molecule has 0 atom stereocenters. The molecule has 2 aromatic carbocycles. The van der Waals surface area contributed by atoms with Gasteiger partial charge in [-0.1, -0.05) is 0 Å². The van der Waals surface area contributed by atoms with Crippen molar-refractivity contribution in [1.29, 1.82) is 0 Å². The first-order chi connectivity index (χ1) is 11.1. The summed E-state index contributed by atoms with van der Waals surface area (Å²) in [6, 6.07) is 15.9. The number of aryl methyl sites for hydroxylation is 1. The topological polar surface area (TPSA) is 30.0 Å². The summed E-state index contributed by atoms with van der Waals surface area (Å²) in [5.74, 6) is 0.748. The van der Waals surface area contributed by atoms with Crippen LogP contribution in [0.3, 0.4) is 0 Å².